The maximum atomic E-state index is 6.28. The predicted molar refractivity (Wildman–Crippen MR) is 131 cm³/mol. The quantitative estimate of drug-likeness (QED) is 0.281. The Balaban J connectivity index is 1.56. The third-order valence-corrected chi connectivity index (χ3v) is 6.50. The molecule has 0 amide bonds. The maximum absolute atomic E-state index is 6.28. The molecule has 0 spiro atoms. The highest BCUT2D eigenvalue weighted by molar-refractivity contribution is 6.32. The van der Waals surface area contributed by atoms with Gasteiger partial charge in [-0.1, -0.05) is 35.3 Å². The lowest BCUT2D eigenvalue weighted by Crippen LogP contribution is -2.15. The summed E-state index contributed by atoms with van der Waals surface area (Å²) in [4.78, 5) is 4.85. The normalized spacial score (nSPS) is 12.2. The molecule has 0 saturated heterocycles. The molecule has 0 radical (unpaired) electrons. The van der Waals surface area contributed by atoms with Gasteiger partial charge in [0.2, 0.25) is 0 Å². The van der Waals surface area contributed by atoms with Crippen LogP contribution < -0.4 is 9.47 Å². The second kappa shape index (κ2) is 9.43. The van der Waals surface area contributed by atoms with Crippen molar-refractivity contribution in [2.75, 3.05) is 6.61 Å². The van der Waals surface area contributed by atoms with E-state index >= 15 is 0 Å². The van der Waals surface area contributed by atoms with E-state index in [1.807, 2.05) is 76.2 Å². The number of imidazole rings is 1. The van der Waals surface area contributed by atoms with Crippen LogP contribution in [0.4, 0.5) is 0 Å². The maximum Gasteiger partial charge on any atom is 0.153 e. The van der Waals surface area contributed by atoms with Crippen LogP contribution in [-0.4, -0.2) is 16.2 Å². The van der Waals surface area contributed by atoms with Crippen molar-refractivity contribution in [3.8, 4) is 11.5 Å². The number of ether oxygens (including phenoxy) is 2. The standard InChI is InChI=1S/C26H26Cl2N2O2/c1-16-13-20(9-10-22(16)27)32-19(4)26-29-23-7-5-6-8-24(23)30(26)11-12-31-21-14-17(2)25(28)18(3)15-21/h5-10,13-15,19H,11-12H2,1-4H3. The van der Waals surface area contributed by atoms with Crippen LogP contribution in [0.2, 0.25) is 10.0 Å². The second-order valence-electron chi connectivity index (χ2n) is 8.00. The summed E-state index contributed by atoms with van der Waals surface area (Å²) in [6, 6.07) is 17.7. The SMILES string of the molecule is Cc1cc(OC(C)c2nc3ccccc3n2CCOc2cc(C)c(Cl)c(C)c2)ccc1Cl. The molecule has 0 fully saturated rings. The van der Waals surface area contributed by atoms with E-state index in [1.54, 1.807) is 0 Å². The van der Waals surface area contributed by atoms with Crippen LogP contribution in [0.5, 0.6) is 11.5 Å². The molecular formula is C26H26Cl2N2O2. The van der Waals surface area contributed by atoms with Gasteiger partial charge in [-0.3, -0.25) is 0 Å². The van der Waals surface area contributed by atoms with Crippen LogP contribution in [0.25, 0.3) is 11.0 Å². The molecule has 1 heterocycles. The number of aryl methyl sites for hydroxylation is 3. The van der Waals surface area contributed by atoms with Gasteiger partial charge in [-0.2, -0.15) is 0 Å². The zero-order valence-electron chi connectivity index (χ0n) is 18.7. The average Bonchev–Trinajstić information content (AvgIpc) is 3.13. The summed E-state index contributed by atoms with van der Waals surface area (Å²) in [6.07, 6.45) is -0.247. The molecule has 1 aromatic heterocycles. The lowest BCUT2D eigenvalue weighted by atomic mass is 10.1. The molecule has 0 saturated carbocycles. The molecule has 0 bridgehead atoms. The second-order valence-corrected chi connectivity index (χ2v) is 8.79. The molecule has 0 aliphatic carbocycles. The van der Waals surface area contributed by atoms with Gasteiger partial charge in [0.25, 0.3) is 0 Å². The molecule has 0 aliphatic heterocycles. The van der Waals surface area contributed by atoms with Gasteiger partial charge in [-0.05, 0) is 86.8 Å². The van der Waals surface area contributed by atoms with Gasteiger partial charge in [0.15, 0.2) is 11.9 Å². The van der Waals surface area contributed by atoms with Crippen LogP contribution in [0.3, 0.4) is 0 Å². The predicted octanol–water partition coefficient (Wildman–Crippen LogP) is 7.49. The van der Waals surface area contributed by atoms with Crippen molar-refractivity contribution in [2.24, 2.45) is 0 Å². The summed E-state index contributed by atoms with van der Waals surface area (Å²) >= 11 is 12.4. The Bertz CT molecular complexity index is 1240. The molecule has 4 rings (SSSR count). The number of rotatable bonds is 7. The van der Waals surface area contributed by atoms with Crippen LogP contribution >= 0.6 is 23.2 Å². The van der Waals surface area contributed by atoms with Crippen LogP contribution in [-0.2, 0) is 6.54 Å². The topological polar surface area (TPSA) is 36.3 Å². The Kier molecular flexibility index (Phi) is 6.63. The van der Waals surface area contributed by atoms with Crippen molar-refractivity contribution in [1.29, 1.82) is 0 Å². The highest BCUT2D eigenvalue weighted by atomic mass is 35.5. The molecule has 1 atom stereocenters. The summed E-state index contributed by atoms with van der Waals surface area (Å²) in [5, 5.41) is 1.51. The summed E-state index contributed by atoms with van der Waals surface area (Å²) in [5.41, 5.74) is 4.99. The number of halogens is 2. The van der Waals surface area contributed by atoms with E-state index in [1.165, 1.54) is 0 Å². The number of hydrogen-bond acceptors (Lipinski definition) is 3. The highest BCUT2D eigenvalue weighted by Crippen LogP contribution is 2.29. The number of fused-ring (bicyclic) bond motifs is 1. The summed E-state index contributed by atoms with van der Waals surface area (Å²) in [7, 11) is 0. The number of para-hydroxylation sites is 2. The van der Waals surface area contributed by atoms with Crippen molar-refractivity contribution in [2.45, 2.75) is 40.3 Å². The van der Waals surface area contributed by atoms with E-state index in [4.69, 9.17) is 37.7 Å². The fourth-order valence-electron chi connectivity index (χ4n) is 3.83. The minimum Gasteiger partial charge on any atom is -0.492 e. The summed E-state index contributed by atoms with van der Waals surface area (Å²) < 4.78 is 14.4. The summed E-state index contributed by atoms with van der Waals surface area (Å²) in [6.45, 7) is 9.09. The van der Waals surface area contributed by atoms with Gasteiger partial charge < -0.3 is 14.0 Å². The van der Waals surface area contributed by atoms with E-state index < -0.39 is 0 Å². The summed E-state index contributed by atoms with van der Waals surface area (Å²) in [5.74, 6) is 2.43. The number of hydrogen-bond donors (Lipinski definition) is 0. The molecular weight excluding hydrogens is 443 g/mol. The Labute approximate surface area is 198 Å². The first-order valence-electron chi connectivity index (χ1n) is 10.6. The average molecular weight is 469 g/mol. The van der Waals surface area contributed by atoms with Crippen LogP contribution in [0.15, 0.2) is 54.6 Å². The molecule has 6 heteroatoms. The van der Waals surface area contributed by atoms with Crippen LogP contribution in [0, 0.1) is 20.8 Å². The Hall–Kier alpha value is -2.69. The molecule has 0 N–H and O–H groups in total. The van der Waals surface area contributed by atoms with Gasteiger partial charge in [0, 0.05) is 10.0 Å². The first-order valence-corrected chi connectivity index (χ1v) is 11.4. The monoisotopic (exact) mass is 468 g/mol. The van der Waals surface area contributed by atoms with Gasteiger partial charge in [-0.25, -0.2) is 4.98 Å². The minimum atomic E-state index is -0.247. The molecule has 0 aliphatic rings. The lowest BCUT2D eigenvalue weighted by molar-refractivity contribution is 0.207. The van der Waals surface area contributed by atoms with E-state index in [0.717, 1.165) is 55.1 Å². The fourth-order valence-corrected chi connectivity index (χ4v) is 4.06. The molecule has 4 aromatic rings. The zero-order chi connectivity index (χ0) is 22.8. The largest absolute Gasteiger partial charge is 0.492 e. The fraction of sp³-hybridized carbons (Fsp3) is 0.269. The Morgan fingerprint density at radius 3 is 2.31 bits per heavy atom. The van der Waals surface area contributed by atoms with Crippen molar-refractivity contribution >= 4 is 34.2 Å². The molecule has 3 aromatic carbocycles. The molecule has 32 heavy (non-hydrogen) atoms. The van der Waals surface area contributed by atoms with Gasteiger partial charge in [0.1, 0.15) is 18.1 Å². The molecule has 166 valence electrons. The minimum absolute atomic E-state index is 0.247. The van der Waals surface area contributed by atoms with Crippen LogP contribution in [0.1, 0.15) is 35.5 Å². The number of benzene rings is 3. The number of aromatic nitrogens is 2. The van der Waals surface area contributed by atoms with Crippen molar-refractivity contribution < 1.29 is 9.47 Å². The smallest absolute Gasteiger partial charge is 0.153 e. The van der Waals surface area contributed by atoms with Crippen molar-refractivity contribution in [1.82, 2.24) is 9.55 Å². The third-order valence-electron chi connectivity index (χ3n) is 5.48. The van der Waals surface area contributed by atoms with Gasteiger partial charge in [-0.15, -0.1) is 0 Å². The first-order chi connectivity index (χ1) is 15.3. The zero-order valence-corrected chi connectivity index (χ0v) is 20.2. The van der Waals surface area contributed by atoms with Crippen molar-refractivity contribution in [3.05, 3.63) is 87.2 Å². The third kappa shape index (κ3) is 4.72. The first kappa shape index (κ1) is 22.5. The van der Waals surface area contributed by atoms with Gasteiger partial charge in [0.05, 0.1) is 17.6 Å². The lowest BCUT2D eigenvalue weighted by Gasteiger charge is -2.18. The van der Waals surface area contributed by atoms with E-state index in [-0.39, 0.29) is 6.10 Å². The Morgan fingerprint density at radius 2 is 1.59 bits per heavy atom. The van der Waals surface area contributed by atoms with E-state index in [2.05, 4.69) is 10.6 Å². The Morgan fingerprint density at radius 1 is 0.906 bits per heavy atom. The number of nitrogens with zero attached hydrogens (tertiary/aromatic N) is 2. The molecule has 1 unspecified atom stereocenters. The van der Waals surface area contributed by atoms with Crippen molar-refractivity contribution in [3.63, 3.8) is 0 Å². The molecule has 4 nitrogen and oxygen atoms in total. The van der Waals surface area contributed by atoms with E-state index in [9.17, 15) is 0 Å². The van der Waals surface area contributed by atoms with E-state index in [0.29, 0.717) is 13.2 Å². The van der Waals surface area contributed by atoms with Gasteiger partial charge >= 0.3 is 0 Å². The highest BCUT2D eigenvalue weighted by Gasteiger charge is 2.18.